The lowest BCUT2D eigenvalue weighted by atomic mass is 10.1. The zero-order chi connectivity index (χ0) is 35.6. The molecule has 0 aliphatic heterocycles. The quantitative estimate of drug-likeness (QED) is 0.0367. The SMILES string of the molecule is CCCCCCCCCCOCC(OCCCCOC(COCCCCCCCCCC)OCCCS(=O)(=O)O)OCCCS(=O)(=O)O. The number of rotatable bonds is 39. The second kappa shape index (κ2) is 33.7. The van der Waals surface area contributed by atoms with Crippen LogP contribution in [0.5, 0.6) is 0 Å². The maximum absolute atomic E-state index is 11.0. The van der Waals surface area contributed by atoms with E-state index in [0.29, 0.717) is 39.3 Å². The molecule has 0 spiro atoms. The van der Waals surface area contributed by atoms with Crippen molar-refractivity contribution in [1.29, 1.82) is 0 Å². The molecule has 0 saturated heterocycles. The van der Waals surface area contributed by atoms with E-state index in [2.05, 4.69) is 13.8 Å². The molecule has 0 radical (unpaired) electrons. The van der Waals surface area contributed by atoms with Gasteiger partial charge in [0.2, 0.25) is 0 Å². The summed E-state index contributed by atoms with van der Waals surface area (Å²) in [7, 11) is -8.09. The van der Waals surface area contributed by atoms with E-state index in [1.807, 2.05) is 0 Å². The Bertz CT molecular complexity index is 815. The van der Waals surface area contributed by atoms with Crippen molar-refractivity contribution in [2.24, 2.45) is 0 Å². The van der Waals surface area contributed by atoms with Crippen LogP contribution in [0, 0.1) is 0 Å². The lowest BCUT2D eigenvalue weighted by molar-refractivity contribution is -0.180. The smallest absolute Gasteiger partial charge is 0.264 e. The summed E-state index contributed by atoms with van der Waals surface area (Å²) >= 11 is 0. The molecule has 14 heteroatoms. The van der Waals surface area contributed by atoms with E-state index in [1.54, 1.807) is 0 Å². The van der Waals surface area contributed by atoms with Gasteiger partial charge in [0.25, 0.3) is 20.2 Å². The van der Waals surface area contributed by atoms with E-state index in [4.69, 9.17) is 37.5 Å². The molecule has 0 rings (SSSR count). The van der Waals surface area contributed by atoms with Gasteiger partial charge in [-0.25, -0.2) is 0 Å². The van der Waals surface area contributed by atoms with Crippen molar-refractivity contribution in [3.8, 4) is 0 Å². The van der Waals surface area contributed by atoms with Crippen LogP contribution in [0.2, 0.25) is 0 Å². The average Bonchev–Trinajstić information content (AvgIpc) is 3.02. The van der Waals surface area contributed by atoms with Crippen molar-refractivity contribution in [2.45, 2.75) is 155 Å². The molecule has 12 nitrogen and oxygen atoms in total. The molecule has 0 amide bonds. The summed E-state index contributed by atoms with van der Waals surface area (Å²) in [6.07, 6.45) is 19.6. The monoisotopic (exact) mass is 734 g/mol. The molecule has 0 saturated carbocycles. The van der Waals surface area contributed by atoms with Crippen molar-refractivity contribution >= 4 is 20.2 Å². The van der Waals surface area contributed by atoms with Crippen molar-refractivity contribution in [3.63, 3.8) is 0 Å². The molecule has 0 aromatic heterocycles. The molecular weight excluding hydrogens is 664 g/mol. The molecule has 0 aliphatic carbocycles. The minimum atomic E-state index is -4.05. The molecule has 0 aromatic carbocycles. The van der Waals surface area contributed by atoms with E-state index in [-0.39, 0.29) is 50.8 Å². The predicted octanol–water partition coefficient (Wildman–Crippen LogP) is 7.36. The Balaban J connectivity index is 4.41. The molecule has 0 fully saturated rings. The van der Waals surface area contributed by atoms with Gasteiger partial charge in [0.1, 0.15) is 0 Å². The third-order valence-corrected chi connectivity index (χ3v) is 9.25. The first-order chi connectivity index (χ1) is 23.1. The standard InChI is InChI=1S/C34H70O12S2/c1-3-5-7-9-11-13-15-17-23-41-31-33(45-27-21-29-47(35,36)37)43-25-19-20-26-44-34(46-28-22-30-48(38,39)40)32-42-24-18-16-14-12-10-8-6-4-2/h33-34H,3-32H2,1-2H3,(H,35,36,37)(H,38,39,40). The molecule has 0 bridgehead atoms. The largest absolute Gasteiger partial charge is 0.376 e. The van der Waals surface area contributed by atoms with Gasteiger partial charge >= 0.3 is 0 Å². The molecule has 2 unspecified atom stereocenters. The number of hydrogen-bond acceptors (Lipinski definition) is 10. The van der Waals surface area contributed by atoms with Gasteiger partial charge in [-0.2, -0.15) is 16.8 Å². The Labute approximate surface area is 293 Å². The fourth-order valence-corrected chi connectivity index (χ4v) is 5.84. The molecule has 0 aliphatic rings. The van der Waals surface area contributed by atoms with Gasteiger partial charge in [0.05, 0.1) is 37.9 Å². The summed E-state index contributed by atoms with van der Waals surface area (Å²) < 4.78 is 96.6. The first-order valence-electron chi connectivity index (χ1n) is 18.6. The predicted molar refractivity (Wildman–Crippen MR) is 190 cm³/mol. The van der Waals surface area contributed by atoms with Crippen molar-refractivity contribution in [1.82, 2.24) is 0 Å². The molecule has 2 N–H and O–H groups in total. The van der Waals surface area contributed by atoms with Crippen LogP contribution in [-0.2, 0) is 48.7 Å². The Morgan fingerprint density at radius 3 is 0.979 bits per heavy atom. The lowest BCUT2D eigenvalue weighted by Gasteiger charge is -2.20. The summed E-state index contributed by atoms with van der Waals surface area (Å²) in [5.74, 6) is -0.754. The topological polar surface area (TPSA) is 164 Å². The number of hydrogen-bond donors (Lipinski definition) is 2. The number of unbranched alkanes of at least 4 members (excludes halogenated alkanes) is 15. The molecule has 0 heterocycles. The van der Waals surface area contributed by atoms with Gasteiger partial charge in [-0.1, -0.05) is 104 Å². The van der Waals surface area contributed by atoms with Gasteiger partial charge in [0.15, 0.2) is 12.6 Å². The van der Waals surface area contributed by atoms with E-state index in [9.17, 15) is 16.8 Å². The fourth-order valence-electron chi connectivity index (χ4n) is 4.87. The Morgan fingerprint density at radius 2 is 0.667 bits per heavy atom. The van der Waals surface area contributed by atoms with Crippen molar-refractivity contribution < 1.29 is 54.4 Å². The van der Waals surface area contributed by atoms with Crippen LogP contribution in [0.1, 0.15) is 142 Å². The van der Waals surface area contributed by atoms with Gasteiger partial charge in [0, 0.05) is 26.4 Å². The van der Waals surface area contributed by atoms with E-state index < -0.39 is 32.8 Å². The van der Waals surface area contributed by atoms with Crippen molar-refractivity contribution in [2.75, 3.05) is 64.4 Å². The highest BCUT2D eigenvalue weighted by Gasteiger charge is 2.14. The highest BCUT2D eigenvalue weighted by molar-refractivity contribution is 7.86. The van der Waals surface area contributed by atoms with Gasteiger partial charge in [-0.15, -0.1) is 0 Å². The van der Waals surface area contributed by atoms with Gasteiger partial charge in [-0.05, 0) is 38.5 Å². The van der Waals surface area contributed by atoms with Crippen LogP contribution in [0.4, 0.5) is 0 Å². The zero-order valence-electron chi connectivity index (χ0n) is 30.2. The number of ether oxygens (including phenoxy) is 6. The summed E-state index contributed by atoms with van der Waals surface area (Å²) in [4.78, 5) is 0. The average molecular weight is 735 g/mol. The molecule has 290 valence electrons. The van der Waals surface area contributed by atoms with Gasteiger partial charge in [-0.3, -0.25) is 9.11 Å². The van der Waals surface area contributed by atoms with E-state index >= 15 is 0 Å². The highest BCUT2D eigenvalue weighted by atomic mass is 32.2. The van der Waals surface area contributed by atoms with Crippen LogP contribution >= 0.6 is 0 Å². The third-order valence-electron chi connectivity index (χ3n) is 7.64. The van der Waals surface area contributed by atoms with Crippen LogP contribution in [-0.4, -0.2) is 103 Å². The van der Waals surface area contributed by atoms with Crippen molar-refractivity contribution in [3.05, 3.63) is 0 Å². The third kappa shape index (κ3) is 38.4. The molecule has 2 atom stereocenters. The Morgan fingerprint density at radius 1 is 0.396 bits per heavy atom. The maximum Gasteiger partial charge on any atom is 0.264 e. The maximum atomic E-state index is 11.0. The first-order valence-corrected chi connectivity index (χ1v) is 21.8. The summed E-state index contributed by atoms with van der Waals surface area (Å²) in [5, 5.41) is 0. The van der Waals surface area contributed by atoms with Crippen LogP contribution in [0.3, 0.4) is 0 Å². The second-order valence-electron chi connectivity index (χ2n) is 12.4. The normalized spacial score (nSPS) is 13.7. The fraction of sp³-hybridized carbons (Fsp3) is 1.00. The van der Waals surface area contributed by atoms with Crippen LogP contribution < -0.4 is 0 Å². The minimum Gasteiger partial charge on any atom is -0.376 e. The highest BCUT2D eigenvalue weighted by Crippen LogP contribution is 2.11. The zero-order valence-corrected chi connectivity index (χ0v) is 31.8. The molecule has 48 heavy (non-hydrogen) atoms. The van der Waals surface area contributed by atoms with Gasteiger partial charge < -0.3 is 28.4 Å². The van der Waals surface area contributed by atoms with Crippen LogP contribution in [0.25, 0.3) is 0 Å². The lowest BCUT2D eigenvalue weighted by Crippen LogP contribution is -2.26. The minimum absolute atomic E-state index is 0.115. The van der Waals surface area contributed by atoms with E-state index in [1.165, 1.54) is 77.0 Å². The van der Waals surface area contributed by atoms with E-state index in [0.717, 1.165) is 25.7 Å². The summed E-state index contributed by atoms with van der Waals surface area (Å²) in [6.45, 7) is 7.08. The summed E-state index contributed by atoms with van der Waals surface area (Å²) in [5.41, 5.74) is 0. The molecular formula is C34H70O12S2. The molecule has 0 aromatic rings. The Kier molecular flexibility index (Phi) is 33.4. The van der Waals surface area contributed by atoms with Crippen LogP contribution in [0.15, 0.2) is 0 Å². The Hall–Kier alpha value is -0.420. The second-order valence-corrected chi connectivity index (χ2v) is 15.6. The first kappa shape index (κ1) is 47.6. The summed E-state index contributed by atoms with van der Waals surface area (Å²) in [6, 6.07) is 0.